The number of hydrogen-bond acceptors (Lipinski definition) is 3. The minimum atomic E-state index is -0.0869. The van der Waals surface area contributed by atoms with E-state index in [0.717, 1.165) is 37.2 Å². The van der Waals surface area contributed by atoms with E-state index in [4.69, 9.17) is 11.6 Å². The van der Waals surface area contributed by atoms with Gasteiger partial charge in [0, 0.05) is 42.7 Å². The molecule has 0 radical (unpaired) electrons. The minimum Gasteiger partial charge on any atom is -0.300 e. The van der Waals surface area contributed by atoms with Crippen LogP contribution in [0, 0.1) is 0 Å². The molecule has 1 aromatic rings. The van der Waals surface area contributed by atoms with E-state index in [1.807, 2.05) is 12.1 Å². The van der Waals surface area contributed by atoms with E-state index in [2.05, 4.69) is 29.3 Å². The number of rotatable bonds is 4. The van der Waals surface area contributed by atoms with Crippen LogP contribution < -0.4 is 5.43 Å². The maximum atomic E-state index is 11.9. The minimum absolute atomic E-state index is 0.0869. The number of amides is 1. The number of likely N-dealkylation sites (tertiary alicyclic amines) is 1. The van der Waals surface area contributed by atoms with Gasteiger partial charge in [-0.2, -0.15) is 5.10 Å². The maximum absolute atomic E-state index is 11.9. The fraction of sp³-hybridized carbons (Fsp3) is 0.500. The van der Waals surface area contributed by atoms with Gasteiger partial charge in [-0.15, -0.1) is 0 Å². The first kappa shape index (κ1) is 16.0. The fourth-order valence-electron chi connectivity index (χ4n) is 2.38. The Labute approximate surface area is 131 Å². The molecule has 0 bridgehead atoms. The van der Waals surface area contributed by atoms with Gasteiger partial charge < -0.3 is 4.90 Å². The third-order valence-electron chi connectivity index (χ3n) is 3.72. The Morgan fingerprint density at radius 2 is 1.90 bits per heavy atom. The average Bonchev–Trinajstić information content (AvgIpc) is 2.48. The number of nitrogens with zero attached hydrogens (tertiary/aromatic N) is 2. The van der Waals surface area contributed by atoms with Gasteiger partial charge >= 0.3 is 0 Å². The molecule has 114 valence electrons. The number of piperidine rings is 1. The largest absolute Gasteiger partial charge is 0.300 e. The molecule has 2 rings (SSSR count). The molecule has 1 aliphatic heterocycles. The fourth-order valence-corrected chi connectivity index (χ4v) is 2.50. The van der Waals surface area contributed by atoms with Crippen molar-refractivity contribution in [2.24, 2.45) is 5.10 Å². The standard InChI is InChI=1S/C16H22ClN3O/c1-12(2)20-9-7-15(8-10-20)18-19-16(21)11-13-3-5-14(17)6-4-13/h3-6,12H,7-11H2,1-2H3,(H,19,21). The predicted molar refractivity (Wildman–Crippen MR) is 86.7 cm³/mol. The summed E-state index contributed by atoms with van der Waals surface area (Å²) in [6.07, 6.45) is 2.19. The van der Waals surface area contributed by atoms with Crippen LogP contribution in [0.2, 0.25) is 5.02 Å². The van der Waals surface area contributed by atoms with Gasteiger partial charge in [0.15, 0.2) is 0 Å². The zero-order valence-electron chi connectivity index (χ0n) is 12.6. The van der Waals surface area contributed by atoms with Crippen molar-refractivity contribution in [1.29, 1.82) is 0 Å². The second-order valence-corrected chi connectivity index (χ2v) is 6.08. The van der Waals surface area contributed by atoms with Crippen molar-refractivity contribution >= 4 is 23.2 Å². The maximum Gasteiger partial charge on any atom is 0.244 e. The van der Waals surface area contributed by atoms with Crippen molar-refractivity contribution in [1.82, 2.24) is 10.3 Å². The van der Waals surface area contributed by atoms with Crippen LogP contribution in [0.4, 0.5) is 0 Å². The van der Waals surface area contributed by atoms with Crippen LogP contribution in [-0.2, 0) is 11.2 Å². The van der Waals surface area contributed by atoms with E-state index < -0.39 is 0 Å². The number of halogens is 1. The zero-order chi connectivity index (χ0) is 15.2. The molecule has 1 saturated heterocycles. The Balaban J connectivity index is 1.78. The lowest BCUT2D eigenvalue weighted by molar-refractivity contribution is -0.120. The molecule has 0 saturated carbocycles. The Hall–Kier alpha value is -1.39. The molecule has 0 aromatic heterocycles. The summed E-state index contributed by atoms with van der Waals surface area (Å²) >= 11 is 5.82. The Morgan fingerprint density at radius 3 is 2.48 bits per heavy atom. The highest BCUT2D eigenvalue weighted by Crippen LogP contribution is 2.11. The number of nitrogens with one attached hydrogen (secondary N) is 1. The smallest absolute Gasteiger partial charge is 0.244 e. The van der Waals surface area contributed by atoms with Crippen molar-refractivity contribution in [3.8, 4) is 0 Å². The number of carbonyl (C=O) groups excluding carboxylic acids is 1. The summed E-state index contributed by atoms with van der Waals surface area (Å²) < 4.78 is 0. The van der Waals surface area contributed by atoms with E-state index in [9.17, 15) is 4.79 Å². The molecule has 1 N–H and O–H groups in total. The molecule has 21 heavy (non-hydrogen) atoms. The van der Waals surface area contributed by atoms with Gasteiger partial charge in [-0.3, -0.25) is 4.79 Å². The van der Waals surface area contributed by atoms with E-state index in [1.54, 1.807) is 12.1 Å². The van der Waals surface area contributed by atoms with Crippen LogP contribution in [0.25, 0.3) is 0 Å². The first-order valence-corrected chi connectivity index (χ1v) is 7.75. The number of hydrazone groups is 1. The summed E-state index contributed by atoms with van der Waals surface area (Å²) in [5.41, 5.74) is 4.67. The highest BCUT2D eigenvalue weighted by Gasteiger charge is 2.17. The van der Waals surface area contributed by atoms with E-state index >= 15 is 0 Å². The van der Waals surface area contributed by atoms with Gasteiger partial charge in [0.2, 0.25) is 5.91 Å². The summed E-state index contributed by atoms with van der Waals surface area (Å²) in [5, 5.41) is 4.93. The van der Waals surface area contributed by atoms with Crippen LogP contribution in [0.3, 0.4) is 0 Å². The van der Waals surface area contributed by atoms with Gasteiger partial charge in [-0.25, -0.2) is 5.43 Å². The van der Waals surface area contributed by atoms with Gasteiger partial charge in [0.1, 0.15) is 0 Å². The molecular weight excluding hydrogens is 286 g/mol. The first-order chi connectivity index (χ1) is 10.0. The van der Waals surface area contributed by atoms with Crippen molar-refractivity contribution in [3.63, 3.8) is 0 Å². The van der Waals surface area contributed by atoms with Crippen LogP contribution in [0.1, 0.15) is 32.3 Å². The predicted octanol–water partition coefficient (Wildman–Crippen LogP) is 2.86. The third-order valence-corrected chi connectivity index (χ3v) is 3.97. The molecule has 1 aliphatic rings. The van der Waals surface area contributed by atoms with Gasteiger partial charge in [0.25, 0.3) is 0 Å². The monoisotopic (exact) mass is 307 g/mol. The Morgan fingerprint density at radius 1 is 1.29 bits per heavy atom. The molecule has 1 amide bonds. The van der Waals surface area contributed by atoms with E-state index in [0.29, 0.717) is 17.5 Å². The average molecular weight is 308 g/mol. The topological polar surface area (TPSA) is 44.7 Å². The van der Waals surface area contributed by atoms with E-state index in [-0.39, 0.29) is 5.91 Å². The Bertz CT molecular complexity index is 501. The zero-order valence-corrected chi connectivity index (χ0v) is 13.4. The van der Waals surface area contributed by atoms with Crippen molar-refractivity contribution < 1.29 is 4.79 Å². The summed E-state index contributed by atoms with van der Waals surface area (Å²) in [6, 6.07) is 7.87. The van der Waals surface area contributed by atoms with Crippen molar-refractivity contribution in [3.05, 3.63) is 34.9 Å². The molecular formula is C16H22ClN3O. The second-order valence-electron chi connectivity index (χ2n) is 5.65. The normalized spacial score (nSPS) is 16.1. The Kier molecular flexibility index (Phi) is 5.76. The molecule has 4 nitrogen and oxygen atoms in total. The molecule has 0 aliphatic carbocycles. The highest BCUT2D eigenvalue weighted by atomic mass is 35.5. The number of hydrogen-bond donors (Lipinski definition) is 1. The van der Waals surface area contributed by atoms with Gasteiger partial charge in [0.05, 0.1) is 6.42 Å². The molecule has 0 atom stereocenters. The molecule has 1 heterocycles. The summed E-state index contributed by atoms with van der Waals surface area (Å²) in [6.45, 7) is 6.44. The second kappa shape index (κ2) is 7.57. The molecule has 0 unspecified atom stereocenters. The summed E-state index contributed by atoms with van der Waals surface area (Å²) in [4.78, 5) is 14.3. The van der Waals surface area contributed by atoms with Crippen molar-refractivity contribution in [2.75, 3.05) is 13.1 Å². The van der Waals surface area contributed by atoms with Crippen LogP contribution in [0.5, 0.6) is 0 Å². The quantitative estimate of drug-likeness (QED) is 0.869. The van der Waals surface area contributed by atoms with Gasteiger partial charge in [-0.1, -0.05) is 23.7 Å². The summed E-state index contributed by atoms with van der Waals surface area (Å²) in [5.74, 6) is -0.0869. The SMILES string of the molecule is CC(C)N1CCC(=NNC(=O)Cc2ccc(Cl)cc2)CC1. The molecule has 1 fully saturated rings. The lowest BCUT2D eigenvalue weighted by Crippen LogP contribution is -2.39. The van der Waals surface area contributed by atoms with Gasteiger partial charge in [-0.05, 0) is 31.5 Å². The number of benzene rings is 1. The van der Waals surface area contributed by atoms with Crippen molar-refractivity contribution in [2.45, 2.75) is 39.2 Å². The van der Waals surface area contributed by atoms with Crippen LogP contribution >= 0.6 is 11.6 Å². The first-order valence-electron chi connectivity index (χ1n) is 7.37. The van der Waals surface area contributed by atoms with E-state index in [1.165, 1.54) is 0 Å². The summed E-state index contributed by atoms with van der Waals surface area (Å²) in [7, 11) is 0. The van der Waals surface area contributed by atoms with Crippen LogP contribution in [0.15, 0.2) is 29.4 Å². The number of carbonyl (C=O) groups is 1. The third kappa shape index (κ3) is 5.14. The lowest BCUT2D eigenvalue weighted by Gasteiger charge is -2.30. The highest BCUT2D eigenvalue weighted by molar-refractivity contribution is 6.30. The molecule has 5 heteroatoms. The molecule has 1 aromatic carbocycles. The van der Waals surface area contributed by atoms with Crippen LogP contribution in [-0.4, -0.2) is 35.7 Å². The lowest BCUT2D eigenvalue weighted by atomic mass is 10.1. The molecule has 0 spiro atoms.